The molecule has 3 aromatic rings. The first kappa shape index (κ1) is 25.4. The average molecular weight is 475 g/mol. The minimum Gasteiger partial charge on any atom is -0.497 e. The molecule has 0 unspecified atom stereocenters. The smallest absolute Gasteiger partial charge is 0.371 e. The second-order valence-corrected chi connectivity index (χ2v) is 7.81. The van der Waals surface area contributed by atoms with Crippen LogP contribution in [-0.4, -0.2) is 44.4 Å². The standard InChI is InChI=1S/C28H30N2O5/c1-4-35-26(27(31)32)18-21-8-12-22(13-9-21)23-6-5-7-24(19-23)30(2)28(33)29-17-16-20-10-14-25(34-3)15-11-20/h5-15,18-19H,4,16-17H2,1-3H3,(H,29,33)(H,31,32)/b26-18+. The number of ether oxygens (including phenoxy) is 2. The zero-order valence-electron chi connectivity index (χ0n) is 20.2. The predicted molar refractivity (Wildman–Crippen MR) is 138 cm³/mol. The van der Waals surface area contributed by atoms with Gasteiger partial charge in [0.15, 0.2) is 0 Å². The highest BCUT2D eigenvalue weighted by molar-refractivity contribution is 5.92. The quantitative estimate of drug-likeness (QED) is 0.311. The summed E-state index contributed by atoms with van der Waals surface area (Å²) in [4.78, 5) is 25.5. The summed E-state index contributed by atoms with van der Waals surface area (Å²) in [6.45, 7) is 2.54. The summed E-state index contributed by atoms with van der Waals surface area (Å²) in [5, 5.41) is 12.2. The molecule has 2 N–H and O–H groups in total. The summed E-state index contributed by atoms with van der Waals surface area (Å²) >= 11 is 0. The van der Waals surface area contributed by atoms with E-state index in [-0.39, 0.29) is 18.4 Å². The third-order valence-electron chi connectivity index (χ3n) is 5.44. The highest BCUT2D eigenvalue weighted by atomic mass is 16.5. The van der Waals surface area contributed by atoms with Crippen LogP contribution in [0.2, 0.25) is 0 Å². The molecule has 35 heavy (non-hydrogen) atoms. The molecule has 7 nitrogen and oxygen atoms in total. The van der Waals surface area contributed by atoms with Crippen LogP contribution in [0.1, 0.15) is 18.1 Å². The molecule has 0 atom stereocenters. The van der Waals surface area contributed by atoms with E-state index in [0.29, 0.717) is 6.54 Å². The van der Waals surface area contributed by atoms with Gasteiger partial charge in [-0.1, -0.05) is 48.5 Å². The lowest BCUT2D eigenvalue weighted by Gasteiger charge is -2.19. The molecule has 0 aliphatic heterocycles. The van der Waals surface area contributed by atoms with Crippen molar-refractivity contribution in [2.45, 2.75) is 13.3 Å². The van der Waals surface area contributed by atoms with Crippen molar-refractivity contribution in [3.05, 3.63) is 89.7 Å². The lowest BCUT2D eigenvalue weighted by Crippen LogP contribution is -2.38. The van der Waals surface area contributed by atoms with Crippen LogP contribution >= 0.6 is 0 Å². The molecule has 182 valence electrons. The van der Waals surface area contributed by atoms with Crippen molar-refractivity contribution >= 4 is 23.8 Å². The summed E-state index contributed by atoms with van der Waals surface area (Å²) in [7, 11) is 3.37. The second-order valence-electron chi connectivity index (χ2n) is 7.81. The van der Waals surface area contributed by atoms with E-state index in [1.807, 2.05) is 72.8 Å². The summed E-state index contributed by atoms with van der Waals surface area (Å²) in [5.74, 6) is -0.394. The highest BCUT2D eigenvalue weighted by Gasteiger charge is 2.12. The maximum atomic E-state index is 12.7. The number of hydrogen-bond acceptors (Lipinski definition) is 4. The molecule has 0 radical (unpaired) electrons. The number of nitrogens with one attached hydrogen (secondary N) is 1. The molecule has 3 rings (SSSR count). The average Bonchev–Trinajstić information content (AvgIpc) is 2.88. The van der Waals surface area contributed by atoms with Crippen LogP contribution in [0.15, 0.2) is 78.6 Å². The van der Waals surface area contributed by atoms with E-state index in [4.69, 9.17) is 9.47 Å². The largest absolute Gasteiger partial charge is 0.497 e. The fourth-order valence-electron chi connectivity index (χ4n) is 3.48. The van der Waals surface area contributed by atoms with Crippen molar-refractivity contribution in [3.8, 4) is 16.9 Å². The van der Waals surface area contributed by atoms with Gasteiger partial charge in [0.25, 0.3) is 0 Å². The maximum Gasteiger partial charge on any atom is 0.371 e. The Balaban J connectivity index is 1.63. The van der Waals surface area contributed by atoms with Crippen molar-refractivity contribution < 1.29 is 24.2 Å². The Labute approximate surface area is 205 Å². The zero-order chi connectivity index (χ0) is 25.2. The SMILES string of the molecule is CCO/C(=C/c1ccc(-c2cccc(N(C)C(=O)NCCc3ccc(OC)cc3)c2)cc1)C(=O)O. The molecule has 2 amide bonds. The summed E-state index contributed by atoms with van der Waals surface area (Å²) in [6.07, 6.45) is 2.22. The Kier molecular flexibility index (Phi) is 8.89. The van der Waals surface area contributed by atoms with E-state index in [1.54, 1.807) is 26.0 Å². The van der Waals surface area contributed by atoms with Crippen molar-refractivity contribution in [2.24, 2.45) is 0 Å². The number of methoxy groups -OCH3 is 1. The van der Waals surface area contributed by atoms with E-state index < -0.39 is 5.97 Å². The number of carboxylic acids is 1. The molecule has 0 saturated carbocycles. The van der Waals surface area contributed by atoms with Crippen molar-refractivity contribution in [2.75, 3.05) is 32.2 Å². The number of carboxylic acid groups (broad SMARTS) is 1. The van der Waals surface area contributed by atoms with Crippen LogP contribution < -0.4 is 15.0 Å². The number of carbonyl (C=O) groups excluding carboxylic acids is 1. The normalized spacial score (nSPS) is 11.0. The van der Waals surface area contributed by atoms with E-state index in [9.17, 15) is 14.7 Å². The number of rotatable bonds is 10. The molecule has 0 spiro atoms. The van der Waals surface area contributed by atoms with E-state index in [1.165, 1.54) is 6.08 Å². The molecule has 7 heteroatoms. The lowest BCUT2D eigenvalue weighted by atomic mass is 10.0. The number of amides is 2. The lowest BCUT2D eigenvalue weighted by molar-refractivity contribution is -0.136. The minimum absolute atomic E-state index is 0.0955. The van der Waals surface area contributed by atoms with Gasteiger partial charge in [-0.3, -0.25) is 4.90 Å². The first-order valence-electron chi connectivity index (χ1n) is 11.3. The molecule has 0 saturated heterocycles. The van der Waals surface area contributed by atoms with Crippen LogP contribution in [0, 0.1) is 0 Å². The Morgan fingerprint density at radius 1 is 1.00 bits per heavy atom. The third-order valence-corrected chi connectivity index (χ3v) is 5.44. The number of nitrogens with zero attached hydrogens (tertiary/aromatic N) is 1. The van der Waals surface area contributed by atoms with Gasteiger partial charge in [-0.15, -0.1) is 0 Å². The van der Waals surface area contributed by atoms with Gasteiger partial charge in [0.2, 0.25) is 5.76 Å². The predicted octanol–water partition coefficient (Wildman–Crippen LogP) is 5.21. The van der Waals surface area contributed by atoms with Gasteiger partial charge >= 0.3 is 12.0 Å². The fourth-order valence-corrected chi connectivity index (χ4v) is 3.48. The van der Waals surface area contributed by atoms with E-state index >= 15 is 0 Å². The van der Waals surface area contributed by atoms with Gasteiger partial charge in [-0.2, -0.15) is 0 Å². The maximum absolute atomic E-state index is 12.7. The molecular formula is C28H30N2O5. The van der Waals surface area contributed by atoms with Crippen molar-refractivity contribution in [1.29, 1.82) is 0 Å². The highest BCUT2D eigenvalue weighted by Crippen LogP contribution is 2.25. The van der Waals surface area contributed by atoms with Crippen LogP contribution in [-0.2, 0) is 16.0 Å². The molecule has 0 bridgehead atoms. The first-order valence-corrected chi connectivity index (χ1v) is 11.3. The van der Waals surface area contributed by atoms with Crippen molar-refractivity contribution in [1.82, 2.24) is 5.32 Å². The Morgan fingerprint density at radius 3 is 2.34 bits per heavy atom. The number of urea groups is 1. The van der Waals surface area contributed by atoms with Crippen LogP contribution in [0.25, 0.3) is 17.2 Å². The number of benzene rings is 3. The van der Waals surface area contributed by atoms with E-state index in [2.05, 4.69) is 5.32 Å². The molecular weight excluding hydrogens is 444 g/mol. The Bertz CT molecular complexity index is 1170. The number of aliphatic carboxylic acids is 1. The van der Waals surface area contributed by atoms with E-state index in [0.717, 1.165) is 40.1 Å². The van der Waals surface area contributed by atoms with Gasteiger partial charge in [-0.25, -0.2) is 9.59 Å². The minimum atomic E-state index is -1.10. The number of carbonyl (C=O) groups is 2. The third kappa shape index (κ3) is 7.11. The summed E-state index contributed by atoms with van der Waals surface area (Å²) in [6, 6.07) is 22.8. The van der Waals surface area contributed by atoms with Gasteiger partial charge in [0, 0.05) is 19.3 Å². The monoisotopic (exact) mass is 474 g/mol. The molecule has 3 aromatic carbocycles. The molecule has 0 aliphatic carbocycles. The van der Waals surface area contributed by atoms with Crippen LogP contribution in [0.5, 0.6) is 5.75 Å². The number of anilines is 1. The van der Waals surface area contributed by atoms with Gasteiger partial charge in [0.1, 0.15) is 5.75 Å². The molecule has 0 heterocycles. The first-order chi connectivity index (χ1) is 16.9. The Morgan fingerprint density at radius 2 is 1.71 bits per heavy atom. The second kappa shape index (κ2) is 12.3. The Hall–Kier alpha value is -4.26. The van der Waals surface area contributed by atoms with Crippen LogP contribution in [0.4, 0.5) is 10.5 Å². The number of hydrogen-bond donors (Lipinski definition) is 2. The summed E-state index contributed by atoms with van der Waals surface area (Å²) < 4.78 is 10.3. The zero-order valence-corrected chi connectivity index (χ0v) is 20.2. The molecule has 0 aromatic heterocycles. The summed E-state index contributed by atoms with van der Waals surface area (Å²) in [5.41, 5.74) is 4.50. The molecule has 0 aliphatic rings. The van der Waals surface area contributed by atoms with Gasteiger partial charge in [0.05, 0.1) is 13.7 Å². The molecule has 0 fully saturated rings. The van der Waals surface area contributed by atoms with Gasteiger partial charge < -0.3 is 19.9 Å². The fraction of sp³-hybridized carbons (Fsp3) is 0.214. The van der Waals surface area contributed by atoms with Crippen LogP contribution in [0.3, 0.4) is 0 Å². The van der Waals surface area contributed by atoms with Crippen molar-refractivity contribution in [3.63, 3.8) is 0 Å². The van der Waals surface area contributed by atoms with Gasteiger partial charge in [-0.05, 0) is 65.9 Å². The topological polar surface area (TPSA) is 88.1 Å².